The fraction of sp³-hybridized carbons (Fsp3) is 0.774. The van der Waals surface area contributed by atoms with E-state index in [1.54, 1.807) is 0 Å². The molecule has 0 aromatic rings. The summed E-state index contributed by atoms with van der Waals surface area (Å²) in [4.78, 5) is 25.4. The average Bonchev–Trinajstić information content (AvgIpc) is 3.28. The fourth-order valence-electron chi connectivity index (χ4n) is 7.40. The number of unbranched alkanes of at least 4 members (excludes halogenated alkanes) is 21. The SMILES string of the molecule is CC/C=C/C/C=C/C/C=C/CCCCCCCC(=O)OC[C@H](CO[C@@H]1O[C@H](CO)[C@H](O)C(O)C1O)OC(=O)CCC/C=C/CC/C=C/CCCCCCCCCCCCCCCC. The first-order valence-electron chi connectivity index (χ1n) is 25.4. The van der Waals surface area contributed by atoms with Gasteiger partial charge in [-0.05, 0) is 77.0 Å². The van der Waals surface area contributed by atoms with Gasteiger partial charge in [-0.1, -0.05) is 177 Å². The number of ether oxygens (including phenoxy) is 4. The summed E-state index contributed by atoms with van der Waals surface area (Å²) in [5, 5.41) is 40.2. The smallest absolute Gasteiger partial charge is 0.306 e. The molecule has 1 saturated heterocycles. The minimum atomic E-state index is -1.61. The number of carbonyl (C=O) groups is 2. The van der Waals surface area contributed by atoms with Gasteiger partial charge in [0.05, 0.1) is 13.2 Å². The Morgan fingerprint density at radius 1 is 0.508 bits per heavy atom. The van der Waals surface area contributed by atoms with E-state index < -0.39 is 55.4 Å². The maximum absolute atomic E-state index is 12.8. The summed E-state index contributed by atoms with van der Waals surface area (Å²) in [6, 6.07) is 0. The van der Waals surface area contributed by atoms with E-state index in [-0.39, 0.29) is 26.1 Å². The summed E-state index contributed by atoms with van der Waals surface area (Å²) < 4.78 is 22.2. The highest BCUT2D eigenvalue weighted by Crippen LogP contribution is 2.23. The molecule has 0 saturated carbocycles. The summed E-state index contributed by atoms with van der Waals surface area (Å²) in [6.07, 6.45) is 46.7. The lowest BCUT2D eigenvalue weighted by atomic mass is 9.99. The lowest BCUT2D eigenvalue weighted by Crippen LogP contribution is -2.59. The monoisotopic (exact) mass is 889 g/mol. The maximum Gasteiger partial charge on any atom is 0.306 e. The second kappa shape index (κ2) is 43.3. The van der Waals surface area contributed by atoms with E-state index in [0.29, 0.717) is 12.8 Å². The molecule has 1 fully saturated rings. The Balaban J connectivity index is 2.29. The fourth-order valence-corrected chi connectivity index (χ4v) is 7.40. The van der Waals surface area contributed by atoms with Gasteiger partial charge in [-0.2, -0.15) is 0 Å². The topological polar surface area (TPSA) is 152 Å². The number of aliphatic hydroxyl groups is 4. The summed E-state index contributed by atoms with van der Waals surface area (Å²) in [7, 11) is 0. The van der Waals surface area contributed by atoms with Gasteiger partial charge in [0.1, 0.15) is 31.0 Å². The first kappa shape index (κ1) is 58.4. The predicted molar refractivity (Wildman–Crippen MR) is 256 cm³/mol. The molecule has 1 heterocycles. The normalized spacial score (nSPS) is 20.0. The summed E-state index contributed by atoms with van der Waals surface area (Å²) in [5.41, 5.74) is 0. The van der Waals surface area contributed by atoms with E-state index in [9.17, 15) is 30.0 Å². The van der Waals surface area contributed by atoms with Crippen molar-refractivity contribution >= 4 is 11.9 Å². The Morgan fingerprint density at radius 2 is 0.968 bits per heavy atom. The molecule has 2 unspecified atom stereocenters. The van der Waals surface area contributed by atoms with Crippen LogP contribution in [0.5, 0.6) is 0 Å². The van der Waals surface area contributed by atoms with Crippen LogP contribution in [0.1, 0.15) is 206 Å². The van der Waals surface area contributed by atoms with Crippen molar-refractivity contribution in [2.45, 2.75) is 243 Å². The van der Waals surface area contributed by atoms with Crippen molar-refractivity contribution in [1.29, 1.82) is 0 Å². The zero-order valence-corrected chi connectivity index (χ0v) is 39.8. The third kappa shape index (κ3) is 34.4. The van der Waals surface area contributed by atoms with Gasteiger partial charge in [0, 0.05) is 12.8 Å². The van der Waals surface area contributed by atoms with Crippen molar-refractivity contribution in [3.8, 4) is 0 Å². The van der Waals surface area contributed by atoms with Gasteiger partial charge in [-0.15, -0.1) is 0 Å². The number of rotatable bonds is 42. The van der Waals surface area contributed by atoms with E-state index in [0.717, 1.165) is 77.0 Å². The molecule has 6 atom stereocenters. The van der Waals surface area contributed by atoms with Crippen LogP contribution >= 0.6 is 0 Å². The van der Waals surface area contributed by atoms with Crippen LogP contribution in [0.25, 0.3) is 0 Å². The Bertz CT molecular complexity index is 1210. The van der Waals surface area contributed by atoms with Crippen molar-refractivity contribution in [2.24, 2.45) is 0 Å². The summed E-state index contributed by atoms with van der Waals surface area (Å²) in [6.45, 7) is 3.27. The maximum atomic E-state index is 12.8. The molecular formula is C53H92O10. The quantitative estimate of drug-likeness (QED) is 0.0265. The molecule has 10 heteroatoms. The van der Waals surface area contributed by atoms with E-state index in [2.05, 4.69) is 74.6 Å². The van der Waals surface area contributed by atoms with E-state index in [1.807, 2.05) is 0 Å². The molecule has 4 N–H and O–H groups in total. The predicted octanol–water partition coefficient (Wildman–Crippen LogP) is 11.8. The number of carbonyl (C=O) groups excluding carboxylic acids is 2. The Kier molecular flexibility index (Phi) is 40.2. The molecule has 0 spiro atoms. The number of esters is 2. The minimum Gasteiger partial charge on any atom is -0.462 e. The molecule has 1 aliphatic heterocycles. The standard InChI is InChI=1S/C53H92O10/c1-3-5-7-9-11-13-15-17-19-20-21-22-23-24-25-26-28-30-32-34-36-38-40-42-49(56)62-46(45-61-53-52(59)51(58)50(57)47(43-54)63-53)44-60-48(55)41-39-37-35-33-31-29-27-18-16-14-12-10-8-6-4-2/h6,8,12,14,18,26-28,34,36,46-47,50-54,57-59H,3-5,7,9-11,13,15-17,19-25,29-33,35,37-45H2,1-2H3/b8-6+,14-12+,27-18+,28-26+,36-34+/t46-,47-,50+,51?,52?,53-/m1/s1. The number of hydrogen-bond acceptors (Lipinski definition) is 10. The highest BCUT2D eigenvalue weighted by Gasteiger charge is 2.44. The van der Waals surface area contributed by atoms with Crippen LogP contribution in [0.15, 0.2) is 60.8 Å². The van der Waals surface area contributed by atoms with Crippen LogP contribution in [0.2, 0.25) is 0 Å². The van der Waals surface area contributed by atoms with Gasteiger partial charge in [0.25, 0.3) is 0 Å². The number of aliphatic hydroxyl groups excluding tert-OH is 4. The third-order valence-corrected chi connectivity index (χ3v) is 11.4. The molecule has 364 valence electrons. The lowest BCUT2D eigenvalue weighted by Gasteiger charge is -2.39. The molecular weight excluding hydrogens is 797 g/mol. The minimum absolute atomic E-state index is 0.164. The second-order valence-electron chi connectivity index (χ2n) is 17.2. The van der Waals surface area contributed by atoms with Crippen molar-refractivity contribution in [2.75, 3.05) is 19.8 Å². The Morgan fingerprint density at radius 3 is 1.52 bits per heavy atom. The van der Waals surface area contributed by atoms with Crippen molar-refractivity contribution < 1.29 is 49.0 Å². The Labute approximate surface area is 383 Å². The van der Waals surface area contributed by atoms with E-state index in [1.165, 1.54) is 89.9 Å². The van der Waals surface area contributed by atoms with Crippen LogP contribution in [0, 0.1) is 0 Å². The van der Waals surface area contributed by atoms with Gasteiger partial charge < -0.3 is 39.4 Å². The largest absolute Gasteiger partial charge is 0.462 e. The highest BCUT2D eigenvalue weighted by atomic mass is 16.7. The molecule has 0 radical (unpaired) electrons. The second-order valence-corrected chi connectivity index (χ2v) is 17.2. The van der Waals surface area contributed by atoms with Crippen molar-refractivity contribution in [3.63, 3.8) is 0 Å². The summed E-state index contributed by atoms with van der Waals surface area (Å²) >= 11 is 0. The number of allylic oxidation sites excluding steroid dienone is 10. The molecule has 0 aromatic heterocycles. The van der Waals surface area contributed by atoms with E-state index in [4.69, 9.17) is 18.9 Å². The molecule has 63 heavy (non-hydrogen) atoms. The van der Waals surface area contributed by atoms with Crippen LogP contribution in [0.3, 0.4) is 0 Å². The van der Waals surface area contributed by atoms with Crippen molar-refractivity contribution in [1.82, 2.24) is 0 Å². The lowest BCUT2D eigenvalue weighted by molar-refractivity contribution is -0.305. The van der Waals surface area contributed by atoms with Gasteiger partial charge in [-0.3, -0.25) is 9.59 Å². The van der Waals surface area contributed by atoms with Crippen molar-refractivity contribution in [3.05, 3.63) is 60.8 Å². The van der Waals surface area contributed by atoms with Crippen LogP contribution in [0.4, 0.5) is 0 Å². The highest BCUT2D eigenvalue weighted by molar-refractivity contribution is 5.70. The van der Waals surface area contributed by atoms with Gasteiger partial charge in [-0.25, -0.2) is 0 Å². The third-order valence-electron chi connectivity index (χ3n) is 11.4. The van der Waals surface area contributed by atoms with Crippen LogP contribution in [-0.2, 0) is 28.5 Å². The molecule has 0 bridgehead atoms. The zero-order valence-electron chi connectivity index (χ0n) is 39.8. The van der Waals surface area contributed by atoms with Gasteiger partial charge in [0.2, 0.25) is 0 Å². The molecule has 10 nitrogen and oxygen atoms in total. The first-order valence-corrected chi connectivity index (χ1v) is 25.4. The zero-order chi connectivity index (χ0) is 45.9. The molecule has 0 amide bonds. The summed E-state index contributed by atoms with van der Waals surface area (Å²) in [5.74, 6) is -0.876. The first-order chi connectivity index (χ1) is 30.8. The Hall–Kier alpha value is -2.60. The van der Waals surface area contributed by atoms with Gasteiger partial charge >= 0.3 is 11.9 Å². The number of hydrogen-bond donors (Lipinski definition) is 4. The van der Waals surface area contributed by atoms with Crippen LogP contribution < -0.4 is 0 Å². The molecule has 0 aromatic carbocycles. The van der Waals surface area contributed by atoms with Crippen LogP contribution in [-0.4, -0.2) is 89.0 Å². The average molecular weight is 889 g/mol. The van der Waals surface area contributed by atoms with E-state index >= 15 is 0 Å². The molecule has 1 rings (SSSR count). The molecule has 0 aliphatic carbocycles. The van der Waals surface area contributed by atoms with Gasteiger partial charge in [0.15, 0.2) is 12.4 Å². The molecule has 1 aliphatic rings.